The Balaban J connectivity index is 0.000000798. The van der Waals surface area contributed by atoms with E-state index in [0.29, 0.717) is 49.2 Å². The lowest BCUT2D eigenvalue weighted by atomic mass is 10.1. The average Bonchev–Trinajstić information content (AvgIpc) is 2.92. The van der Waals surface area contributed by atoms with Gasteiger partial charge in [0.15, 0.2) is 23.3 Å². The van der Waals surface area contributed by atoms with Crippen LogP contribution in [0.4, 0.5) is 0 Å². The van der Waals surface area contributed by atoms with E-state index in [9.17, 15) is 9.59 Å². The number of benzene rings is 1. The topological polar surface area (TPSA) is 146 Å². The van der Waals surface area contributed by atoms with E-state index in [4.69, 9.17) is 34.0 Å². The zero-order valence-electron chi connectivity index (χ0n) is 22.7. The molecule has 0 unspecified atom stereocenters. The Morgan fingerprint density at radius 2 is 1.21 bits per heavy atom. The number of aliphatic carboxylic acids is 2. The van der Waals surface area contributed by atoms with Gasteiger partial charge in [0.25, 0.3) is 0 Å². The molecular weight excluding hydrogens is 510 g/mol. The first-order valence-corrected chi connectivity index (χ1v) is 12.7. The number of carboxylic acid groups (broad SMARTS) is 2. The third kappa shape index (κ3) is 9.26. The van der Waals surface area contributed by atoms with Gasteiger partial charge in [-0.15, -0.1) is 0 Å². The number of amides is 1. The van der Waals surface area contributed by atoms with Crippen LogP contribution in [0.2, 0.25) is 0 Å². The fourth-order valence-electron chi connectivity index (χ4n) is 4.40. The first-order chi connectivity index (χ1) is 18.7. The fourth-order valence-corrected chi connectivity index (χ4v) is 4.40. The SMILES string of the molecule is COc1cc(C=CC(=O)N2CCN(C(=C=O)N3CCCCCCC3)CC2)cc(OC)c1OC.O=C(O)C(=O)O. The molecule has 1 amide bonds. The maximum absolute atomic E-state index is 12.8. The third-order valence-corrected chi connectivity index (χ3v) is 6.43. The molecule has 2 fully saturated rings. The van der Waals surface area contributed by atoms with Crippen LogP contribution in [0.5, 0.6) is 17.2 Å². The number of nitrogens with zero attached hydrogens (tertiary/aromatic N) is 3. The number of ether oxygens (including phenoxy) is 3. The highest BCUT2D eigenvalue weighted by molar-refractivity contribution is 6.27. The van der Waals surface area contributed by atoms with Gasteiger partial charge in [-0.1, -0.05) is 19.3 Å². The molecule has 0 aliphatic carbocycles. The number of hydrogen-bond acceptors (Lipinski definition) is 9. The van der Waals surface area contributed by atoms with Crippen LogP contribution in [0.15, 0.2) is 24.0 Å². The Labute approximate surface area is 228 Å². The predicted molar refractivity (Wildman–Crippen MR) is 142 cm³/mol. The largest absolute Gasteiger partial charge is 0.493 e. The van der Waals surface area contributed by atoms with Crippen molar-refractivity contribution in [1.29, 1.82) is 0 Å². The van der Waals surface area contributed by atoms with Gasteiger partial charge in [-0.2, -0.15) is 0 Å². The first kappa shape index (κ1) is 31.0. The van der Waals surface area contributed by atoms with Crippen LogP contribution in [0.25, 0.3) is 6.08 Å². The van der Waals surface area contributed by atoms with Crippen LogP contribution in [0.3, 0.4) is 0 Å². The zero-order chi connectivity index (χ0) is 28.8. The van der Waals surface area contributed by atoms with Crippen molar-refractivity contribution in [3.63, 3.8) is 0 Å². The molecule has 12 nitrogen and oxygen atoms in total. The summed E-state index contributed by atoms with van der Waals surface area (Å²) in [4.78, 5) is 48.8. The van der Waals surface area contributed by atoms with Crippen LogP contribution in [-0.4, -0.2) is 109 Å². The molecule has 0 saturated carbocycles. The van der Waals surface area contributed by atoms with Gasteiger partial charge >= 0.3 is 11.9 Å². The third-order valence-electron chi connectivity index (χ3n) is 6.43. The van der Waals surface area contributed by atoms with Gasteiger partial charge in [-0.3, -0.25) is 4.79 Å². The van der Waals surface area contributed by atoms with Crippen LogP contribution in [0.1, 0.15) is 37.7 Å². The van der Waals surface area contributed by atoms with Gasteiger partial charge < -0.3 is 39.1 Å². The highest BCUT2D eigenvalue weighted by atomic mass is 16.5. The second-order valence-corrected chi connectivity index (χ2v) is 8.90. The summed E-state index contributed by atoms with van der Waals surface area (Å²) in [7, 11) is 4.67. The quantitative estimate of drug-likeness (QED) is 0.293. The maximum Gasteiger partial charge on any atom is 0.414 e. The molecule has 2 heterocycles. The Hall–Kier alpha value is -4.18. The lowest BCUT2D eigenvalue weighted by molar-refractivity contribution is -0.159. The van der Waals surface area contributed by atoms with E-state index in [0.717, 1.165) is 31.5 Å². The molecule has 2 aliphatic heterocycles. The van der Waals surface area contributed by atoms with E-state index in [1.807, 2.05) is 0 Å². The number of carbonyl (C=O) groups is 3. The lowest BCUT2D eigenvalue weighted by Crippen LogP contribution is -2.50. The number of carboxylic acids is 2. The van der Waals surface area contributed by atoms with E-state index in [1.54, 1.807) is 50.5 Å². The Morgan fingerprint density at radius 3 is 1.64 bits per heavy atom. The molecule has 39 heavy (non-hydrogen) atoms. The highest BCUT2D eigenvalue weighted by Crippen LogP contribution is 2.38. The molecule has 0 radical (unpaired) electrons. The van der Waals surface area contributed by atoms with Gasteiger partial charge in [-0.25, -0.2) is 14.4 Å². The molecule has 0 spiro atoms. The van der Waals surface area contributed by atoms with Gasteiger partial charge in [0.2, 0.25) is 11.7 Å². The summed E-state index contributed by atoms with van der Waals surface area (Å²) >= 11 is 0. The zero-order valence-corrected chi connectivity index (χ0v) is 22.7. The molecule has 2 N–H and O–H groups in total. The van der Waals surface area contributed by atoms with Crippen molar-refractivity contribution in [3.8, 4) is 17.2 Å². The molecule has 214 valence electrons. The molecule has 1 aromatic rings. The molecule has 0 aromatic heterocycles. The van der Waals surface area contributed by atoms with Crippen LogP contribution in [0, 0.1) is 0 Å². The standard InChI is InChI=1S/C25H35N3O5.C2H2O4/c1-31-21-17-20(18-22(32-2)25(21)33-3)9-10-24(30)28-15-13-27(14-16-28)23(19-29)26-11-7-5-4-6-8-12-26;3-1(4)2(5)6/h9-10,17-18H,4-8,11-16H2,1-3H3;(H,3,4)(H,5,6). The molecule has 1 aromatic carbocycles. The number of methoxy groups -OCH3 is 3. The van der Waals surface area contributed by atoms with Gasteiger partial charge in [0.1, 0.15) is 0 Å². The Bertz CT molecular complexity index is 1030. The number of carbonyl (C=O) groups excluding carboxylic acids is 2. The van der Waals surface area contributed by atoms with Crippen molar-refractivity contribution in [2.24, 2.45) is 0 Å². The van der Waals surface area contributed by atoms with E-state index in [-0.39, 0.29) is 5.91 Å². The normalized spacial score (nSPS) is 15.7. The van der Waals surface area contributed by atoms with E-state index in [1.165, 1.54) is 19.3 Å². The predicted octanol–water partition coefficient (Wildman–Crippen LogP) is 1.96. The minimum Gasteiger partial charge on any atom is -0.493 e. The molecule has 0 atom stereocenters. The fraction of sp³-hybridized carbons (Fsp3) is 0.519. The number of hydrogen-bond donors (Lipinski definition) is 2. The lowest BCUT2D eigenvalue weighted by Gasteiger charge is -2.39. The van der Waals surface area contributed by atoms with E-state index < -0.39 is 11.9 Å². The van der Waals surface area contributed by atoms with Crippen LogP contribution < -0.4 is 14.2 Å². The molecule has 2 saturated heterocycles. The number of piperazine rings is 1. The van der Waals surface area contributed by atoms with Gasteiger partial charge in [-0.05, 0) is 36.6 Å². The van der Waals surface area contributed by atoms with E-state index in [2.05, 4.69) is 15.7 Å². The monoisotopic (exact) mass is 547 g/mol. The van der Waals surface area contributed by atoms with Gasteiger partial charge in [0, 0.05) is 45.3 Å². The van der Waals surface area contributed by atoms with Crippen molar-refractivity contribution < 1.29 is 43.6 Å². The van der Waals surface area contributed by atoms with Crippen molar-refractivity contribution in [3.05, 3.63) is 29.6 Å². The van der Waals surface area contributed by atoms with Crippen molar-refractivity contribution in [1.82, 2.24) is 14.7 Å². The Morgan fingerprint density at radius 1 is 0.744 bits per heavy atom. The second kappa shape index (κ2) is 15.9. The summed E-state index contributed by atoms with van der Waals surface area (Å²) < 4.78 is 16.1. The average molecular weight is 548 g/mol. The van der Waals surface area contributed by atoms with Crippen LogP contribution >= 0.6 is 0 Å². The maximum atomic E-state index is 12.8. The number of rotatable bonds is 7. The summed E-state index contributed by atoms with van der Waals surface area (Å²) in [6, 6.07) is 3.60. The highest BCUT2D eigenvalue weighted by Gasteiger charge is 2.25. The molecule has 2 aliphatic rings. The summed E-state index contributed by atoms with van der Waals surface area (Å²) in [6.07, 6.45) is 9.22. The number of likely N-dealkylation sites (tertiary alicyclic amines) is 1. The molecule has 12 heteroatoms. The van der Waals surface area contributed by atoms with Gasteiger partial charge in [0.05, 0.1) is 21.3 Å². The molecular formula is C27H37N3O9. The van der Waals surface area contributed by atoms with Crippen molar-refractivity contribution >= 4 is 29.9 Å². The summed E-state index contributed by atoms with van der Waals surface area (Å²) in [5.41, 5.74) is 0.778. The minimum atomic E-state index is -1.82. The molecule has 0 bridgehead atoms. The van der Waals surface area contributed by atoms with Crippen molar-refractivity contribution in [2.45, 2.75) is 32.1 Å². The Kier molecular flexibility index (Phi) is 12.7. The summed E-state index contributed by atoms with van der Waals surface area (Å²) in [6.45, 7) is 4.20. The minimum absolute atomic E-state index is 0.0636. The summed E-state index contributed by atoms with van der Waals surface area (Å²) in [5.74, 6) is 0.703. The summed E-state index contributed by atoms with van der Waals surface area (Å²) in [5, 5.41) is 14.8. The van der Waals surface area contributed by atoms with Crippen LogP contribution in [-0.2, 0) is 19.2 Å². The second-order valence-electron chi connectivity index (χ2n) is 8.90. The first-order valence-electron chi connectivity index (χ1n) is 12.7. The van der Waals surface area contributed by atoms with Crippen molar-refractivity contribution in [2.75, 3.05) is 60.6 Å². The molecule has 3 rings (SSSR count). The van der Waals surface area contributed by atoms with E-state index >= 15 is 0 Å². The smallest absolute Gasteiger partial charge is 0.414 e.